The molecule has 2 aliphatic heterocycles. The molecule has 3 aliphatic rings. The summed E-state index contributed by atoms with van der Waals surface area (Å²) in [6.07, 6.45) is 2.37. The zero-order valence-corrected chi connectivity index (χ0v) is 14.8. The Morgan fingerprint density at radius 2 is 2.09 bits per heavy atom. The lowest BCUT2D eigenvalue weighted by Crippen LogP contribution is -2.64. The van der Waals surface area contributed by atoms with Crippen molar-refractivity contribution in [2.75, 3.05) is 38.1 Å². The third-order valence-electron chi connectivity index (χ3n) is 5.36. The molecule has 1 aromatic rings. The van der Waals surface area contributed by atoms with Crippen LogP contribution >= 0.6 is 11.3 Å². The van der Waals surface area contributed by atoms with Crippen LogP contribution in [0.2, 0.25) is 0 Å². The third kappa shape index (κ3) is 2.52. The van der Waals surface area contributed by atoms with Crippen LogP contribution in [0.25, 0.3) is 0 Å². The minimum atomic E-state index is -3.14. The molecule has 1 spiro atoms. The summed E-state index contributed by atoms with van der Waals surface area (Å²) in [7, 11) is -1.20. The Labute approximate surface area is 140 Å². The van der Waals surface area contributed by atoms with Crippen molar-refractivity contribution in [2.24, 2.45) is 0 Å². The van der Waals surface area contributed by atoms with E-state index in [1.165, 1.54) is 0 Å². The van der Waals surface area contributed by atoms with E-state index < -0.39 is 10.0 Å². The maximum absolute atomic E-state index is 12.5. The summed E-state index contributed by atoms with van der Waals surface area (Å²) in [5.41, 5.74) is 0.661. The molecule has 8 heteroatoms. The van der Waals surface area contributed by atoms with Crippen molar-refractivity contribution in [1.82, 2.24) is 9.21 Å². The van der Waals surface area contributed by atoms with E-state index in [1.54, 1.807) is 15.6 Å². The van der Waals surface area contributed by atoms with E-state index in [9.17, 15) is 13.2 Å². The fourth-order valence-corrected chi connectivity index (χ4v) is 6.22. The van der Waals surface area contributed by atoms with Crippen molar-refractivity contribution in [3.8, 4) is 0 Å². The number of anilines is 1. The van der Waals surface area contributed by atoms with Crippen LogP contribution in [0.1, 0.15) is 19.3 Å². The maximum atomic E-state index is 12.5. The molecule has 3 heterocycles. The fourth-order valence-electron chi connectivity index (χ4n) is 3.66. The van der Waals surface area contributed by atoms with Gasteiger partial charge in [0, 0.05) is 25.0 Å². The van der Waals surface area contributed by atoms with Gasteiger partial charge < -0.3 is 4.90 Å². The topological polar surface area (TPSA) is 60.9 Å². The normalized spacial score (nSPS) is 30.5. The molecule has 1 saturated carbocycles. The summed E-state index contributed by atoms with van der Waals surface area (Å²) in [5.74, 6) is 0.0834. The smallest absolute Gasteiger partial charge is 0.241 e. The minimum absolute atomic E-state index is 0.0834. The molecule has 0 bridgehead atoms. The van der Waals surface area contributed by atoms with Crippen molar-refractivity contribution in [2.45, 2.75) is 30.1 Å². The Hall–Kier alpha value is -0.960. The average molecular weight is 355 g/mol. The molecule has 1 atom stereocenters. The van der Waals surface area contributed by atoms with Gasteiger partial charge in [-0.1, -0.05) is 0 Å². The van der Waals surface area contributed by atoms with Crippen molar-refractivity contribution < 1.29 is 13.2 Å². The Morgan fingerprint density at radius 3 is 2.74 bits per heavy atom. The second-order valence-corrected chi connectivity index (χ2v) is 9.86. The standard InChI is InChI=1S/C15H21N3O3S2/c1-16-8-14(19)18(12-4-7-22-9-12)11-15(16)5-6-17(10-15)23(20,21)13-2-3-13/h4,7,9,13H,2-3,5-6,8,10-11H2,1H3/t15-/m0/s1. The third-order valence-corrected chi connectivity index (χ3v) is 8.37. The van der Waals surface area contributed by atoms with Crippen LogP contribution in [-0.4, -0.2) is 67.5 Å². The molecule has 2 saturated heterocycles. The first-order valence-corrected chi connectivity index (χ1v) is 10.4. The van der Waals surface area contributed by atoms with Gasteiger partial charge in [-0.05, 0) is 37.8 Å². The number of rotatable bonds is 3. The van der Waals surface area contributed by atoms with E-state index in [-0.39, 0.29) is 16.7 Å². The minimum Gasteiger partial charge on any atom is -0.309 e. The Bertz CT molecular complexity index is 714. The molecule has 0 radical (unpaired) electrons. The van der Waals surface area contributed by atoms with Gasteiger partial charge in [0.1, 0.15) is 0 Å². The average Bonchev–Trinajstić information content (AvgIpc) is 3.07. The summed E-state index contributed by atoms with van der Waals surface area (Å²) in [5, 5.41) is 3.78. The highest BCUT2D eigenvalue weighted by Crippen LogP contribution is 2.38. The van der Waals surface area contributed by atoms with Gasteiger partial charge in [0.15, 0.2) is 0 Å². The molecular formula is C15H21N3O3S2. The van der Waals surface area contributed by atoms with Crippen LogP contribution in [0.5, 0.6) is 0 Å². The van der Waals surface area contributed by atoms with Crippen LogP contribution in [0, 0.1) is 0 Å². The van der Waals surface area contributed by atoms with Crippen LogP contribution in [0.15, 0.2) is 16.8 Å². The quantitative estimate of drug-likeness (QED) is 0.810. The summed E-state index contributed by atoms with van der Waals surface area (Å²) in [6.45, 7) is 1.97. The summed E-state index contributed by atoms with van der Waals surface area (Å²) < 4.78 is 26.7. The summed E-state index contributed by atoms with van der Waals surface area (Å²) >= 11 is 1.57. The lowest BCUT2D eigenvalue weighted by Gasteiger charge is -2.46. The number of piperazine rings is 1. The largest absolute Gasteiger partial charge is 0.309 e. The molecule has 23 heavy (non-hydrogen) atoms. The van der Waals surface area contributed by atoms with E-state index in [4.69, 9.17) is 0 Å². The number of nitrogens with zero attached hydrogens (tertiary/aromatic N) is 3. The molecule has 1 aliphatic carbocycles. The number of sulfonamides is 1. The molecule has 1 amide bonds. The van der Waals surface area contributed by atoms with E-state index in [1.807, 2.05) is 28.8 Å². The second kappa shape index (κ2) is 5.27. The lowest BCUT2D eigenvalue weighted by molar-refractivity contribution is -0.123. The molecule has 0 N–H and O–H groups in total. The fraction of sp³-hybridized carbons (Fsp3) is 0.667. The molecule has 3 fully saturated rings. The number of hydrogen-bond donors (Lipinski definition) is 0. The van der Waals surface area contributed by atoms with Crippen LogP contribution < -0.4 is 4.90 Å². The first kappa shape index (κ1) is 15.6. The number of thiophene rings is 1. The lowest BCUT2D eigenvalue weighted by atomic mass is 9.93. The van der Waals surface area contributed by atoms with E-state index >= 15 is 0 Å². The first-order chi connectivity index (χ1) is 10.9. The highest BCUT2D eigenvalue weighted by atomic mass is 32.2. The monoisotopic (exact) mass is 355 g/mol. The molecule has 0 aromatic carbocycles. The van der Waals surface area contributed by atoms with Crippen molar-refractivity contribution in [3.63, 3.8) is 0 Å². The van der Waals surface area contributed by atoms with Gasteiger partial charge in [-0.25, -0.2) is 8.42 Å². The highest BCUT2D eigenvalue weighted by Gasteiger charge is 2.52. The van der Waals surface area contributed by atoms with Crippen molar-refractivity contribution in [3.05, 3.63) is 16.8 Å². The zero-order chi connectivity index (χ0) is 16.2. The van der Waals surface area contributed by atoms with Gasteiger partial charge in [0.25, 0.3) is 0 Å². The SMILES string of the molecule is CN1CC(=O)N(c2ccsc2)C[C@@]12CCN(S(=O)(=O)C1CC1)C2. The molecule has 4 rings (SSSR count). The molecule has 6 nitrogen and oxygen atoms in total. The number of carbonyl (C=O) groups is 1. The van der Waals surface area contributed by atoms with Gasteiger partial charge in [-0.15, -0.1) is 0 Å². The number of carbonyl (C=O) groups excluding carboxylic acids is 1. The van der Waals surface area contributed by atoms with Crippen LogP contribution in [-0.2, 0) is 14.8 Å². The predicted octanol–water partition coefficient (Wildman–Crippen LogP) is 0.963. The van der Waals surface area contributed by atoms with Gasteiger partial charge >= 0.3 is 0 Å². The zero-order valence-electron chi connectivity index (χ0n) is 13.1. The highest BCUT2D eigenvalue weighted by molar-refractivity contribution is 7.90. The van der Waals surface area contributed by atoms with E-state index in [2.05, 4.69) is 4.90 Å². The maximum Gasteiger partial charge on any atom is 0.241 e. The number of amides is 1. The van der Waals surface area contributed by atoms with E-state index in [0.717, 1.165) is 24.9 Å². The van der Waals surface area contributed by atoms with Gasteiger partial charge in [0.2, 0.25) is 15.9 Å². The molecule has 0 unspecified atom stereocenters. The van der Waals surface area contributed by atoms with Crippen molar-refractivity contribution >= 4 is 33.0 Å². The Balaban J connectivity index is 1.59. The van der Waals surface area contributed by atoms with Gasteiger partial charge in [0.05, 0.1) is 23.0 Å². The predicted molar refractivity (Wildman–Crippen MR) is 90.2 cm³/mol. The molecule has 126 valence electrons. The van der Waals surface area contributed by atoms with Gasteiger partial charge in [-0.3, -0.25) is 9.69 Å². The Kier molecular flexibility index (Phi) is 3.57. The van der Waals surface area contributed by atoms with Crippen LogP contribution in [0.4, 0.5) is 5.69 Å². The molecule has 1 aromatic heterocycles. The van der Waals surface area contributed by atoms with Crippen molar-refractivity contribution in [1.29, 1.82) is 0 Å². The number of hydrogen-bond acceptors (Lipinski definition) is 5. The van der Waals surface area contributed by atoms with E-state index in [0.29, 0.717) is 26.2 Å². The second-order valence-electron chi connectivity index (χ2n) is 6.87. The first-order valence-electron chi connectivity index (χ1n) is 7.95. The van der Waals surface area contributed by atoms with Crippen LogP contribution in [0.3, 0.4) is 0 Å². The summed E-state index contributed by atoms with van der Waals surface area (Å²) in [4.78, 5) is 16.3. The number of likely N-dealkylation sites (N-methyl/N-ethyl adjacent to an activating group) is 1. The van der Waals surface area contributed by atoms with Gasteiger partial charge in [-0.2, -0.15) is 15.6 Å². The molecular weight excluding hydrogens is 334 g/mol. The Morgan fingerprint density at radius 1 is 1.30 bits per heavy atom. The summed E-state index contributed by atoms with van der Waals surface area (Å²) in [6, 6.07) is 1.95.